The first-order valence-corrected chi connectivity index (χ1v) is 6.83. The number of piperazine rings is 1. The van der Waals surface area contributed by atoms with Gasteiger partial charge in [-0.3, -0.25) is 10.7 Å². The maximum absolute atomic E-state index is 6.02. The van der Waals surface area contributed by atoms with Crippen LogP contribution in [0, 0.1) is 0 Å². The zero-order valence-corrected chi connectivity index (χ0v) is 11.5. The molecule has 100 valence electrons. The van der Waals surface area contributed by atoms with E-state index in [9.17, 15) is 0 Å². The van der Waals surface area contributed by atoms with Crippen LogP contribution < -0.4 is 16.2 Å². The van der Waals surface area contributed by atoms with Crippen molar-refractivity contribution in [2.24, 2.45) is 5.84 Å². The van der Waals surface area contributed by atoms with Crippen LogP contribution in [0.5, 0.6) is 0 Å². The van der Waals surface area contributed by atoms with Gasteiger partial charge in [-0.2, -0.15) is 0 Å². The van der Waals surface area contributed by atoms with Gasteiger partial charge in [0.05, 0.1) is 6.17 Å². The van der Waals surface area contributed by atoms with Crippen LogP contribution >= 0.6 is 11.6 Å². The molecule has 1 atom stereocenters. The summed E-state index contributed by atoms with van der Waals surface area (Å²) < 4.78 is 0. The molecule has 0 amide bonds. The molecule has 0 spiro atoms. The average Bonchev–Trinajstić information content (AvgIpc) is 2.41. The number of nitrogens with zero attached hydrogens (tertiary/aromatic N) is 2. The first kappa shape index (κ1) is 13.6. The Labute approximate surface area is 114 Å². The van der Waals surface area contributed by atoms with Crippen molar-refractivity contribution in [3.63, 3.8) is 0 Å². The van der Waals surface area contributed by atoms with Crippen LogP contribution in [0.25, 0.3) is 0 Å². The molecule has 1 aromatic rings. The predicted molar refractivity (Wildman–Crippen MR) is 76.6 cm³/mol. The molecule has 1 aromatic carbocycles. The van der Waals surface area contributed by atoms with E-state index < -0.39 is 0 Å². The van der Waals surface area contributed by atoms with Crippen LogP contribution in [0.4, 0.5) is 5.69 Å². The maximum atomic E-state index is 6.02. The molecule has 0 aliphatic carbocycles. The number of anilines is 1. The number of benzene rings is 1. The maximum Gasteiger partial charge on any atom is 0.0725 e. The quantitative estimate of drug-likeness (QED) is 0.644. The van der Waals surface area contributed by atoms with Gasteiger partial charge in [0.2, 0.25) is 0 Å². The lowest BCUT2D eigenvalue weighted by atomic mass is 10.2. The molecule has 1 aliphatic heterocycles. The second kappa shape index (κ2) is 6.38. The van der Waals surface area contributed by atoms with E-state index in [4.69, 9.17) is 17.4 Å². The van der Waals surface area contributed by atoms with Gasteiger partial charge in [0.1, 0.15) is 0 Å². The minimum atomic E-state index is 0.284. The molecule has 0 aromatic heterocycles. The van der Waals surface area contributed by atoms with E-state index in [0.29, 0.717) is 0 Å². The Hall–Kier alpha value is -0.810. The van der Waals surface area contributed by atoms with Crippen LogP contribution in [0.3, 0.4) is 0 Å². The van der Waals surface area contributed by atoms with Crippen LogP contribution in [0.1, 0.15) is 13.3 Å². The topological polar surface area (TPSA) is 44.5 Å². The van der Waals surface area contributed by atoms with Crippen molar-refractivity contribution in [1.82, 2.24) is 10.3 Å². The summed E-state index contributed by atoms with van der Waals surface area (Å²) in [5.41, 5.74) is 4.08. The standard InChI is InChI=1S/C13H21ClN4/c1-2-13(16-15)18-8-6-17(7-9-18)12-5-3-4-11(14)10-12/h3-5,10,13,16H,2,6-9,15H2,1H3. The van der Waals surface area contributed by atoms with E-state index in [1.807, 2.05) is 18.2 Å². The van der Waals surface area contributed by atoms with Crippen LogP contribution in [0.15, 0.2) is 24.3 Å². The SMILES string of the molecule is CCC(NN)N1CCN(c2cccc(Cl)c2)CC1. The molecule has 1 fully saturated rings. The van der Waals surface area contributed by atoms with Crippen LogP contribution in [-0.4, -0.2) is 37.2 Å². The highest BCUT2D eigenvalue weighted by Gasteiger charge is 2.21. The van der Waals surface area contributed by atoms with Crippen molar-refractivity contribution in [3.05, 3.63) is 29.3 Å². The Kier molecular flexibility index (Phi) is 4.83. The minimum Gasteiger partial charge on any atom is -0.369 e. The molecule has 0 bridgehead atoms. The van der Waals surface area contributed by atoms with Crippen molar-refractivity contribution in [3.8, 4) is 0 Å². The predicted octanol–water partition coefficient (Wildman–Crippen LogP) is 1.66. The van der Waals surface area contributed by atoms with Crippen molar-refractivity contribution < 1.29 is 0 Å². The molecule has 18 heavy (non-hydrogen) atoms. The number of rotatable bonds is 4. The summed E-state index contributed by atoms with van der Waals surface area (Å²) >= 11 is 6.02. The third kappa shape index (κ3) is 3.14. The van der Waals surface area contributed by atoms with Crippen molar-refractivity contribution >= 4 is 17.3 Å². The van der Waals surface area contributed by atoms with Gasteiger partial charge in [0.15, 0.2) is 0 Å². The first-order chi connectivity index (χ1) is 8.74. The summed E-state index contributed by atoms with van der Waals surface area (Å²) in [5.74, 6) is 5.56. The average molecular weight is 269 g/mol. The summed E-state index contributed by atoms with van der Waals surface area (Å²) in [6.07, 6.45) is 1.31. The zero-order chi connectivity index (χ0) is 13.0. The van der Waals surface area contributed by atoms with Gasteiger partial charge in [-0.05, 0) is 24.6 Å². The van der Waals surface area contributed by atoms with Crippen molar-refractivity contribution in [1.29, 1.82) is 0 Å². The molecule has 4 nitrogen and oxygen atoms in total. The second-order valence-corrected chi connectivity index (χ2v) is 5.03. The van der Waals surface area contributed by atoms with Crippen molar-refractivity contribution in [2.75, 3.05) is 31.1 Å². The fourth-order valence-electron chi connectivity index (χ4n) is 2.45. The fraction of sp³-hybridized carbons (Fsp3) is 0.538. The molecule has 3 N–H and O–H groups in total. The molecule has 1 aliphatic rings. The van der Waals surface area contributed by atoms with E-state index >= 15 is 0 Å². The number of hydrazine groups is 1. The normalized spacial score (nSPS) is 18.9. The minimum absolute atomic E-state index is 0.284. The molecule has 1 heterocycles. The monoisotopic (exact) mass is 268 g/mol. The lowest BCUT2D eigenvalue weighted by Gasteiger charge is -2.39. The summed E-state index contributed by atoms with van der Waals surface area (Å²) in [6, 6.07) is 8.04. The molecular weight excluding hydrogens is 248 g/mol. The van der Waals surface area contributed by atoms with Crippen LogP contribution in [0.2, 0.25) is 5.02 Å². The highest BCUT2D eigenvalue weighted by Crippen LogP contribution is 2.21. The van der Waals surface area contributed by atoms with Gasteiger partial charge >= 0.3 is 0 Å². The van der Waals surface area contributed by atoms with E-state index in [1.165, 1.54) is 5.69 Å². The van der Waals surface area contributed by atoms with Gasteiger partial charge in [-0.25, -0.2) is 5.43 Å². The number of hydrogen-bond acceptors (Lipinski definition) is 4. The smallest absolute Gasteiger partial charge is 0.0725 e. The Morgan fingerprint density at radius 1 is 1.33 bits per heavy atom. The fourth-order valence-corrected chi connectivity index (χ4v) is 2.63. The molecular formula is C13H21ClN4. The molecule has 5 heteroatoms. The molecule has 1 unspecified atom stereocenters. The molecule has 1 saturated heterocycles. The van der Waals surface area contributed by atoms with Gasteiger partial charge in [0, 0.05) is 36.9 Å². The van der Waals surface area contributed by atoms with Gasteiger partial charge in [-0.15, -0.1) is 0 Å². The van der Waals surface area contributed by atoms with Gasteiger partial charge in [0.25, 0.3) is 0 Å². The van der Waals surface area contributed by atoms with E-state index in [-0.39, 0.29) is 6.17 Å². The number of nitrogens with one attached hydrogen (secondary N) is 1. The summed E-state index contributed by atoms with van der Waals surface area (Å²) in [4.78, 5) is 4.76. The Morgan fingerprint density at radius 3 is 2.61 bits per heavy atom. The summed E-state index contributed by atoms with van der Waals surface area (Å²) in [7, 11) is 0. The first-order valence-electron chi connectivity index (χ1n) is 6.45. The highest BCUT2D eigenvalue weighted by molar-refractivity contribution is 6.30. The Balaban J connectivity index is 1.94. The Morgan fingerprint density at radius 2 is 2.06 bits per heavy atom. The van der Waals surface area contributed by atoms with E-state index in [2.05, 4.69) is 28.2 Å². The molecule has 0 radical (unpaired) electrons. The lowest BCUT2D eigenvalue weighted by Crippen LogP contribution is -2.56. The third-order valence-corrected chi connectivity index (χ3v) is 3.74. The molecule has 2 rings (SSSR count). The van der Waals surface area contributed by atoms with Gasteiger partial charge < -0.3 is 4.90 Å². The number of halogens is 1. The molecule has 0 saturated carbocycles. The van der Waals surface area contributed by atoms with Crippen LogP contribution in [-0.2, 0) is 0 Å². The van der Waals surface area contributed by atoms with Gasteiger partial charge in [-0.1, -0.05) is 24.6 Å². The third-order valence-electron chi connectivity index (χ3n) is 3.51. The lowest BCUT2D eigenvalue weighted by molar-refractivity contribution is 0.152. The summed E-state index contributed by atoms with van der Waals surface area (Å²) in [5, 5.41) is 0.796. The number of hydrogen-bond donors (Lipinski definition) is 2. The summed E-state index contributed by atoms with van der Waals surface area (Å²) in [6.45, 7) is 6.22. The van der Waals surface area contributed by atoms with E-state index in [0.717, 1.165) is 37.6 Å². The zero-order valence-electron chi connectivity index (χ0n) is 10.8. The number of nitrogens with two attached hydrogens (primary N) is 1. The van der Waals surface area contributed by atoms with Crippen molar-refractivity contribution in [2.45, 2.75) is 19.5 Å². The van der Waals surface area contributed by atoms with E-state index in [1.54, 1.807) is 0 Å². The largest absolute Gasteiger partial charge is 0.369 e. The highest BCUT2D eigenvalue weighted by atomic mass is 35.5. The second-order valence-electron chi connectivity index (χ2n) is 4.59. The Bertz CT molecular complexity index is 373.